The van der Waals surface area contributed by atoms with E-state index in [9.17, 15) is 4.39 Å². The Hall–Kier alpha value is -2.65. The second kappa shape index (κ2) is 10.3. The van der Waals surface area contributed by atoms with Crippen molar-refractivity contribution in [1.29, 1.82) is 0 Å². The standard InChI is InChI=1S/C23H20Cl3FN6S/c1-13-21(14(2)33(30-13)11-16-5-8-18(24)19(25)9-16)28-23(34)29-22-20(26)12-32(31-22)10-15-3-6-17(27)7-4-15/h3-9,12H,10-11H2,1-2H3,(H2,28,29,31,34). The summed E-state index contributed by atoms with van der Waals surface area (Å²) in [5.74, 6) is 0.131. The van der Waals surface area contributed by atoms with Crippen LogP contribution in [-0.2, 0) is 13.1 Å². The van der Waals surface area contributed by atoms with E-state index in [4.69, 9.17) is 47.0 Å². The first-order chi connectivity index (χ1) is 16.2. The van der Waals surface area contributed by atoms with Crippen LogP contribution in [0.1, 0.15) is 22.5 Å². The van der Waals surface area contributed by atoms with Gasteiger partial charge < -0.3 is 10.6 Å². The molecular weight excluding hydrogens is 518 g/mol. The summed E-state index contributed by atoms with van der Waals surface area (Å²) in [6, 6.07) is 11.7. The predicted octanol–water partition coefficient (Wildman–Crippen LogP) is 6.70. The molecule has 4 rings (SSSR count). The van der Waals surface area contributed by atoms with Crippen LogP contribution in [0.3, 0.4) is 0 Å². The van der Waals surface area contributed by atoms with Crippen LogP contribution in [0.2, 0.25) is 15.1 Å². The van der Waals surface area contributed by atoms with Crippen molar-refractivity contribution in [3.63, 3.8) is 0 Å². The molecule has 0 aliphatic carbocycles. The van der Waals surface area contributed by atoms with E-state index in [1.165, 1.54) is 12.1 Å². The van der Waals surface area contributed by atoms with Crippen LogP contribution in [0.25, 0.3) is 0 Å². The Bertz CT molecular complexity index is 1350. The predicted molar refractivity (Wildman–Crippen MR) is 140 cm³/mol. The molecule has 0 unspecified atom stereocenters. The van der Waals surface area contributed by atoms with Gasteiger partial charge in [-0.3, -0.25) is 9.36 Å². The van der Waals surface area contributed by atoms with E-state index in [0.717, 1.165) is 28.2 Å². The minimum atomic E-state index is -0.285. The summed E-state index contributed by atoms with van der Waals surface area (Å²) in [5.41, 5.74) is 4.36. The number of thiocarbonyl (C=S) groups is 1. The maximum absolute atomic E-state index is 13.1. The van der Waals surface area contributed by atoms with Crippen LogP contribution < -0.4 is 10.6 Å². The third-order valence-corrected chi connectivity index (χ3v) is 6.36. The van der Waals surface area contributed by atoms with Crippen molar-refractivity contribution in [2.45, 2.75) is 26.9 Å². The van der Waals surface area contributed by atoms with Crippen molar-refractivity contribution >= 4 is 63.6 Å². The molecule has 0 aliphatic rings. The molecule has 4 aromatic rings. The average Bonchev–Trinajstić information content (AvgIpc) is 3.25. The molecular formula is C23H20Cl3FN6S. The Kier molecular flexibility index (Phi) is 7.42. The van der Waals surface area contributed by atoms with Crippen molar-refractivity contribution < 1.29 is 4.39 Å². The minimum Gasteiger partial charge on any atom is -0.329 e. The molecule has 0 saturated carbocycles. The normalized spacial score (nSPS) is 11.0. The van der Waals surface area contributed by atoms with Crippen LogP contribution in [0.5, 0.6) is 0 Å². The van der Waals surface area contributed by atoms with Crippen molar-refractivity contribution in [2.75, 3.05) is 10.6 Å². The van der Waals surface area contributed by atoms with Gasteiger partial charge in [-0.25, -0.2) is 4.39 Å². The van der Waals surface area contributed by atoms with Crippen LogP contribution in [0.15, 0.2) is 48.7 Å². The molecule has 0 radical (unpaired) electrons. The highest BCUT2D eigenvalue weighted by Crippen LogP contribution is 2.26. The van der Waals surface area contributed by atoms with E-state index >= 15 is 0 Å². The van der Waals surface area contributed by atoms with Crippen molar-refractivity contribution in [3.8, 4) is 0 Å². The number of hydrogen-bond donors (Lipinski definition) is 2. The Morgan fingerprint density at radius 1 is 0.912 bits per heavy atom. The quantitative estimate of drug-likeness (QED) is 0.268. The Labute approximate surface area is 216 Å². The summed E-state index contributed by atoms with van der Waals surface area (Å²) in [7, 11) is 0. The average molecular weight is 538 g/mol. The molecule has 0 atom stereocenters. The first-order valence-corrected chi connectivity index (χ1v) is 11.8. The van der Waals surface area contributed by atoms with Gasteiger partial charge >= 0.3 is 0 Å². The number of aromatic nitrogens is 4. The Morgan fingerprint density at radius 2 is 1.62 bits per heavy atom. The highest BCUT2D eigenvalue weighted by Gasteiger charge is 2.15. The van der Waals surface area contributed by atoms with Crippen LogP contribution in [0, 0.1) is 19.7 Å². The number of benzene rings is 2. The molecule has 11 heteroatoms. The summed E-state index contributed by atoms with van der Waals surface area (Å²) in [6.45, 7) is 4.83. The van der Waals surface area contributed by atoms with E-state index in [1.807, 2.05) is 30.7 Å². The van der Waals surface area contributed by atoms with E-state index < -0.39 is 0 Å². The first kappa shape index (κ1) is 24.5. The largest absolute Gasteiger partial charge is 0.329 e. The van der Waals surface area contributed by atoms with E-state index in [2.05, 4.69) is 20.8 Å². The van der Waals surface area contributed by atoms with E-state index in [0.29, 0.717) is 39.1 Å². The fourth-order valence-electron chi connectivity index (χ4n) is 3.43. The zero-order valence-electron chi connectivity index (χ0n) is 18.2. The zero-order valence-corrected chi connectivity index (χ0v) is 21.3. The highest BCUT2D eigenvalue weighted by atomic mass is 35.5. The fourth-order valence-corrected chi connectivity index (χ4v) is 4.15. The van der Waals surface area contributed by atoms with Gasteiger partial charge in [0.15, 0.2) is 10.9 Å². The van der Waals surface area contributed by atoms with Crippen molar-refractivity contribution in [1.82, 2.24) is 19.6 Å². The number of rotatable bonds is 6. The second-order valence-corrected chi connectivity index (χ2v) is 9.31. The lowest BCUT2D eigenvalue weighted by molar-refractivity contribution is 0.624. The third-order valence-electron chi connectivity index (χ3n) is 5.14. The number of hydrogen-bond acceptors (Lipinski definition) is 3. The summed E-state index contributed by atoms with van der Waals surface area (Å²) >= 11 is 24.0. The molecule has 0 spiro atoms. The lowest BCUT2D eigenvalue weighted by Gasteiger charge is -2.10. The zero-order chi connectivity index (χ0) is 24.4. The van der Waals surface area contributed by atoms with Crippen LogP contribution in [-0.4, -0.2) is 24.7 Å². The summed E-state index contributed by atoms with van der Waals surface area (Å²) in [4.78, 5) is 0. The Balaban J connectivity index is 1.43. The number of anilines is 2. The van der Waals surface area contributed by atoms with Crippen molar-refractivity contribution in [3.05, 3.63) is 92.1 Å². The molecule has 0 bridgehead atoms. The molecule has 2 heterocycles. The minimum absolute atomic E-state index is 0.285. The molecule has 0 aliphatic heterocycles. The maximum atomic E-state index is 13.1. The summed E-state index contributed by atoms with van der Waals surface area (Å²) in [6.07, 6.45) is 1.68. The van der Waals surface area contributed by atoms with Gasteiger partial charge in [-0.1, -0.05) is 53.0 Å². The van der Waals surface area contributed by atoms with Gasteiger partial charge in [0.1, 0.15) is 10.8 Å². The SMILES string of the molecule is Cc1nn(Cc2ccc(Cl)c(Cl)c2)c(C)c1NC(=S)Nc1nn(Cc2ccc(F)cc2)cc1Cl. The van der Waals surface area contributed by atoms with Gasteiger partial charge in [-0.2, -0.15) is 10.2 Å². The summed E-state index contributed by atoms with van der Waals surface area (Å²) < 4.78 is 16.6. The molecule has 176 valence electrons. The van der Waals surface area contributed by atoms with Gasteiger partial charge in [0.05, 0.1) is 40.2 Å². The Morgan fingerprint density at radius 3 is 2.32 bits per heavy atom. The van der Waals surface area contributed by atoms with Gasteiger partial charge in [0.2, 0.25) is 0 Å². The second-order valence-electron chi connectivity index (χ2n) is 7.68. The number of halogens is 4. The first-order valence-electron chi connectivity index (χ1n) is 10.2. The number of nitrogens with zero attached hydrogens (tertiary/aromatic N) is 4. The van der Waals surface area contributed by atoms with E-state index in [1.54, 1.807) is 29.1 Å². The molecule has 0 saturated heterocycles. The van der Waals surface area contributed by atoms with Gasteiger partial charge in [-0.05, 0) is 61.5 Å². The topological polar surface area (TPSA) is 59.7 Å². The molecule has 2 N–H and O–H groups in total. The molecule has 34 heavy (non-hydrogen) atoms. The van der Waals surface area contributed by atoms with E-state index in [-0.39, 0.29) is 5.82 Å². The van der Waals surface area contributed by atoms with Gasteiger partial charge in [0, 0.05) is 6.20 Å². The molecule has 2 aromatic heterocycles. The lowest BCUT2D eigenvalue weighted by atomic mass is 10.2. The molecule has 2 aromatic carbocycles. The third kappa shape index (κ3) is 5.70. The van der Waals surface area contributed by atoms with Crippen LogP contribution in [0.4, 0.5) is 15.9 Å². The molecule has 6 nitrogen and oxygen atoms in total. The van der Waals surface area contributed by atoms with Gasteiger partial charge in [-0.15, -0.1) is 0 Å². The monoisotopic (exact) mass is 536 g/mol. The van der Waals surface area contributed by atoms with Crippen LogP contribution >= 0.6 is 47.0 Å². The fraction of sp³-hybridized carbons (Fsp3) is 0.174. The molecule has 0 fully saturated rings. The highest BCUT2D eigenvalue weighted by molar-refractivity contribution is 7.80. The number of aryl methyl sites for hydroxylation is 1. The van der Waals surface area contributed by atoms with Crippen molar-refractivity contribution in [2.24, 2.45) is 0 Å². The molecule has 0 amide bonds. The summed E-state index contributed by atoms with van der Waals surface area (Å²) in [5, 5.41) is 17.0. The number of nitrogens with one attached hydrogen (secondary N) is 2. The maximum Gasteiger partial charge on any atom is 0.176 e. The van der Waals surface area contributed by atoms with Gasteiger partial charge in [0.25, 0.3) is 0 Å². The smallest absolute Gasteiger partial charge is 0.176 e. The lowest BCUT2D eigenvalue weighted by Crippen LogP contribution is -2.20.